The van der Waals surface area contributed by atoms with Crippen molar-refractivity contribution in [3.8, 4) is 0 Å². The molecule has 108 valence electrons. The summed E-state index contributed by atoms with van der Waals surface area (Å²) in [5.74, 6) is -0.421. The van der Waals surface area contributed by atoms with E-state index in [0.717, 1.165) is 17.3 Å². The van der Waals surface area contributed by atoms with Crippen LogP contribution >= 0.6 is 11.3 Å². The third kappa shape index (κ3) is 4.37. The van der Waals surface area contributed by atoms with Crippen molar-refractivity contribution in [1.29, 1.82) is 0 Å². The summed E-state index contributed by atoms with van der Waals surface area (Å²) >= 11 is 1.59. The Bertz CT molecular complexity index is 563. The molecule has 0 aliphatic heterocycles. The maximum absolute atomic E-state index is 12.2. The summed E-state index contributed by atoms with van der Waals surface area (Å²) < 4.78 is 37.2. The van der Waals surface area contributed by atoms with E-state index in [0.29, 0.717) is 17.6 Å². The first-order chi connectivity index (χ1) is 9.44. The van der Waals surface area contributed by atoms with Gasteiger partial charge in [-0.25, -0.2) is 0 Å². The molecule has 0 bridgehead atoms. The van der Waals surface area contributed by atoms with Crippen LogP contribution in [0.3, 0.4) is 0 Å². The highest BCUT2D eigenvalue weighted by Crippen LogP contribution is 2.17. The predicted molar refractivity (Wildman–Crippen MR) is 68.6 cm³/mol. The van der Waals surface area contributed by atoms with Crippen LogP contribution in [0, 0.1) is 0 Å². The Balaban J connectivity index is 1.83. The number of carbonyl (C=O) groups is 1. The van der Waals surface area contributed by atoms with Crippen molar-refractivity contribution >= 4 is 17.2 Å². The average Bonchev–Trinajstić information content (AvgIpc) is 2.98. The number of halogens is 3. The molecule has 2 heterocycles. The van der Waals surface area contributed by atoms with E-state index in [9.17, 15) is 18.0 Å². The number of amides is 1. The first kappa shape index (κ1) is 14.6. The van der Waals surface area contributed by atoms with Gasteiger partial charge in [-0.1, -0.05) is 6.07 Å². The lowest BCUT2D eigenvalue weighted by Gasteiger charge is -2.05. The summed E-state index contributed by atoms with van der Waals surface area (Å²) in [5.41, 5.74) is 0.125. The number of nitrogens with zero attached hydrogens (tertiary/aromatic N) is 2. The zero-order chi connectivity index (χ0) is 14.6. The van der Waals surface area contributed by atoms with E-state index in [1.807, 2.05) is 17.5 Å². The smallest absolute Gasteiger partial charge is 0.352 e. The minimum absolute atomic E-state index is 0.125. The van der Waals surface area contributed by atoms with Gasteiger partial charge in [-0.2, -0.15) is 18.3 Å². The molecule has 0 saturated carbocycles. The molecule has 4 nitrogen and oxygen atoms in total. The lowest BCUT2D eigenvalue weighted by atomic mass is 10.3. The number of rotatable bonds is 5. The fourth-order valence-electron chi connectivity index (χ4n) is 1.61. The minimum atomic E-state index is -4.35. The van der Waals surface area contributed by atoms with Crippen LogP contribution in [0.25, 0.3) is 0 Å². The monoisotopic (exact) mass is 303 g/mol. The molecule has 0 aliphatic carbocycles. The number of nitrogens with one attached hydrogen (secondary N) is 1. The van der Waals surface area contributed by atoms with Crippen molar-refractivity contribution < 1.29 is 18.0 Å². The summed E-state index contributed by atoms with van der Waals surface area (Å²) in [7, 11) is 0. The minimum Gasteiger partial charge on any atom is -0.352 e. The van der Waals surface area contributed by atoms with Gasteiger partial charge in [0.1, 0.15) is 6.54 Å². The molecule has 20 heavy (non-hydrogen) atoms. The van der Waals surface area contributed by atoms with Gasteiger partial charge in [0.15, 0.2) is 0 Å². The van der Waals surface area contributed by atoms with E-state index in [1.165, 1.54) is 0 Å². The SMILES string of the molecule is O=C(NCCc1cccs1)c1cnn(CC(F)(F)F)c1. The van der Waals surface area contributed by atoms with Crippen molar-refractivity contribution in [1.82, 2.24) is 15.1 Å². The van der Waals surface area contributed by atoms with Gasteiger partial charge in [-0.3, -0.25) is 9.48 Å². The molecular weight excluding hydrogens is 291 g/mol. The highest BCUT2D eigenvalue weighted by molar-refractivity contribution is 7.09. The Hall–Kier alpha value is -1.83. The number of thiophene rings is 1. The van der Waals surface area contributed by atoms with Gasteiger partial charge in [-0.15, -0.1) is 11.3 Å². The number of hydrogen-bond donors (Lipinski definition) is 1. The highest BCUT2D eigenvalue weighted by Gasteiger charge is 2.28. The zero-order valence-electron chi connectivity index (χ0n) is 10.4. The molecule has 1 amide bonds. The largest absolute Gasteiger partial charge is 0.408 e. The molecule has 0 radical (unpaired) electrons. The van der Waals surface area contributed by atoms with Crippen LogP contribution in [-0.4, -0.2) is 28.4 Å². The fourth-order valence-corrected chi connectivity index (χ4v) is 2.32. The lowest BCUT2D eigenvalue weighted by molar-refractivity contribution is -0.142. The molecule has 0 aromatic carbocycles. The molecule has 0 atom stereocenters. The maximum atomic E-state index is 12.2. The quantitative estimate of drug-likeness (QED) is 0.922. The average molecular weight is 303 g/mol. The lowest BCUT2D eigenvalue weighted by Crippen LogP contribution is -2.25. The molecule has 8 heteroatoms. The second-order valence-electron chi connectivity index (χ2n) is 4.13. The molecule has 1 N–H and O–H groups in total. The van der Waals surface area contributed by atoms with Crippen molar-refractivity contribution in [2.24, 2.45) is 0 Å². The molecule has 2 aromatic heterocycles. The molecular formula is C12H12F3N3OS. The molecule has 2 rings (SSSR count). The van der Waals surface area contributed by atoms with Gasteiger partial charge >= 0.3 is 6.18 Å². The normalized spacial score (nSPS) is 11.6. The Morgan fingerprint density at radius 3 is 2.90 bits per heavy atom. The van der Waals surface area contributed by atoms with E-state index in [-0.39, 0.29) is 5.56 Å². The standard InChI is InChI=1S/C12H12F3N3OS/c13-12(14,15)8-18-7-9(6-17-18)11(19)16-4-3-10-2-1-5-20-10/h1-2,5-7H,3-4,8H2,(H,16,19). The third-order valence-electron chi connectivity index (χ3n) is 2.47. The van der Waals surface area contributed by atoms with Crippen LogP contribution in [0.1, 0.15) is 15.2 Å². The van der Waals surface area contributed by atoms with Crippen molar-refractivity contribution in [2.45, 2.75) is 19.1 Å². The van der Waals surface area contributed by atoms with Gasteiger partial charge in [0.25, 0.3) is 5.91 Å². The van der Waals surface area contributed by atoms with Crippen LogP contribution in [0.4, 0.5) is 13.2 Å². The number of hydrogen-bond acceptors (Lipinski definition) is 3. The topological polar surface area (TPSA) is 46.9 Å². The summed E-state index contributed by atoms with van der Waals surface area (Å²) in [6.45, 7) is -0.765. The van der Waals surface area contributed by atoms with E-state index in [4.69, 9.17) is 0 Å². The maximum Gasteiger partial charge on any atom is 0.408 e. The van der Waals surface area contributed by atoms with Crippen LogP contribution in [0.2, 0.25) is 0 Å². The zero-order valence-corrected chi connectivity index (χ0v) is 11.2. The van der Waals surface area contributed by atoms with Gasteiger partial charge in [-0.05, 0) is 17.9 Å². The first-order valence-electron chi connectivity index (χ1n) is 5.84. The van der Waals surface area contributed by atoms with E-state index in [2.05, 4.69) is 10.4 Å². The van der Waals surface area contributed by atoms with Gasteiger partial charge in [0.2, 0.25) is 0 Å². The molecule has 0 aliphatic rings. The molecule has 0 spiro atoms. The van der Waals surface area contributed by atoms with Gasteiger partial charge < -0.3 is 5.32 Å². The first-order valence-corrected chi connectivity index (χ1v) is 6.72. The Labute approximate surface area is 117 Å². The van der Waals surface area contributed by atoms with E-state index < -0.39 is 18.6 Å². The second kappa shape index (κ2) is 6.08. The van der Waals surface area contributed by atoms with Gasteiger partial charge in [0, 0.05) is 17.6 Å². The van der Waals surface area contributed by atoms with Crippen molar-refractivity contribution in [3.05, 3.63) is 40.3 Å². The molecule has 0 fully saturated rings. The van der Waals surface area contributed by atoms with Crippen molar-refractivity contribution in [2.75, 3.05) is 6.54 Å². The fraction of sp³-hybridized carbons (Fsp3) is 0.333. The van der Waals surface area contributed by atoms with E-state index in [1.54, 1.807) is 11.3 Å². The van der Waals surface area contributed by atoms with Crippen LogP contribution < -0.4 is 5.32 Å². The summed E-state index contributed by atoms with van der Waals surface area (Å²) in [5, 5.41) is 8.11. The molecule has 0 saturated heterocycles. The highest BCUT2D eigenvalue weighted by atomic mass is 32.1. The van der Waals surface area contributed by atoms with Crippen LogP contribution in [0.5, 0.6) is 0 Å². The number of aromatic nitrogens is 2. The Kier molecular flexibility index (Phi) is 4.43. The van der Waals surface area contributed by atoms with Crippen LogP contribution in [-0.2, 0) is 13.0 Å². The summed E-state index contributed by atoms with van der Waals surface area (Å²) in [6.07, 6.45) is -1.43. The van der Waals surface area contributed by atoms with E-state index >= 15 is 0 Å². The molecule has 0 unspecified atom stereocenters. The van der Waals surface area contributed by atoms with Crippen LogP contribution in [0.15, 0.2) is 29.9 Å². The Morgan fingerprint density at radius 2 is 2.25 bits per heavy atom. The van der Waals surface area contributed by atoms with Gasteiger partial charge in [0.05, 0.1) is 11.8 Å². The third-order valence-corrected chi connectivity index (χ3v) is 3.41. The Morgan fingerprint density at radius 1 is 1.45 bits per heavy atom. The molecule has 2 aromatic rings. The number of alkyl halides is 3. The second-order valence-corrected chi connectivity index (χ2v) is 5.16. The number of carbonyl (C=O) groups excluding carboxylic acids is 1. The van der Waals surface area contributed by atoms with Crippen molar-refractivity contribution in [3.63, 3.8) is 0 Å². The predicted octanol–water partition coefficient (Wildman–Crippen LogP) is 2.48. The summed E-state index contributed by atoms with van der Waals surface area (Å²) in [4.78, 5) is 12.8. The summed E-state index contributed by atoms with van der Waals surface area (Å²) in [6, 6.07) is 3.88.